The maximum absolute atomic E-state index is 5.82. The molecule has 1 fully saturated rings. The van der Waals surface area contributed by atoms with Gasteiger partial charge < -0.3 is 15.4 Å². The first kappa shape index (κ1) is 22.0. The lowest BCUT2D eigenvalue weighted by atomic mass is 10.0. The molecule has 5 heteroatoms. The minimum Gasteiger partial charge on any atom is -0.378 e. The van der Waals surface area contributed by atoms with Crippen molar-refractivity contribution in [3.05, 3.63) is 12.2 Å². The first-order valence-electron chi connectivity index (χ1n) is 9.99. The van der Waals surface area contributed by atoms with Crippen LogP contribution in [0.5, 0.6) is 0 Å². The molecule has 0 amide bonds. The summed E-state index contributed by atoms with van der Waals surface area (Å²) in [6.45, 7) is 20.5. The van der Waals surface area contributed by atoms with Gasteiger partial charge in [0.25, 0.3) is 0 Å². The van der Waals surface area contributed by atoms with Gasteiger partial charge >= 0.3 is 0 Å². The van der Waals surface area contributed by atoms with Crippen LogP contribution in [0.1, 0.15) is 53.9 Å². The van der Waals surface area contributed by atoms with Crippen LogP contribution in [-0.2, 0) is 4.74 Å². The molecule has 1 rings (SSSR count). The van der Waals surface area contributed by atoms with Crippen LogP contribution in [0.4, 0.5) is 0 Å². The lowest BCUT2D eigenvalue weighted by molar-refractivity contribution is 0.0266. The predicted octanol–water partition coefficient (Wildman–Crippen LogP) is 3.03. The number of aliphatic imine (C=N–C) groups is 1. The zero-order chi connectivity index (χ0) is 18.7. The molecule has 0 saturated carbocycles. The van der Waals surface area contributed by atoms with Gasteiger partial charge in [-0.15, -0.1) is 0 Å². The maximum atomic E-state index is 5.82. The third-order valence-corrected chi connectivity index (χ3v) is 4.57. The van der Waals surface area contributed by atoms with Crippen molar-refractivity contribution in [2.75, 3.05) is 39.3 Å². The molecule has 0 aromatic heterocycles. The summed E-state index contributed by atoms with van der Waals surface area (Å²) in [5.74, 6) is 1.48. The predicted molar refractivity (Wildman–Crippen MR) is 108 cm³/mol. The largest absolute Gasteiger partial charge is 0.378 e. The molecule has 1 aliphatic rings. The first-order valence-corrected chi connectivity index (χ1v) is 9.99. The van der Waals surface area contributed by atoms with Gasteiger partial charge in [0.1, 0.15) is 0 Å². The lowest BCUT2D eigenvalue weighted by Crippen LogP contribution is -2.49. The number of hydrogen-bond acceptors (Lipinski definition) is 3. The molecule has 2 N–H and O–H groups in total. The summed E-state index contributed by atoms with van der Waals surface area (Å²) in [6, 6.07) is 0.506. The van der Waals surface area contributed by atoms with Crippen molar-refractivity contribution in [2.24, 2.45) is 10.9 Å². The van der Waals surface area contributed by atoms with Gasteiger partial charge in [0, 0.05) is 45.4 Å². The van der Waals surface area contributed by atoms with E-state index < -0.39 is 0 Å². The summed E-state index contributed by atoms with van der Waals surface area (Å²) in [4.78, 5) is 7.25. The average Bonchev–Trinajstić information content (AvgIpc) is 2.55. The Morgan fingerprint density at radius 1 is 1.28 bits per heavy atom. The minimum absolute atomic E-state index is 0.294. The molecule has 0 bridgehead atoms. The van der Waals surface area contributed by atoms with E-state index in [2.05, 4.69) is 56.7 Å². The number of hydrogen-bond donors (Lipinski definition) is 2. The van der Waals surface area contributed by atoms with E-state index >= 15 is 0 Å². The standard InChI is InChI=1S/C20H40N4O/c1-7-21-20(22-12-9-19(17(5)6)25-8-2)23-18-10-13-24(14-11-18)15-16(3)4/h17-19H,3,7-15H2,1-2,4-6H3,(H2,21,22,23). The molecule has 25 heavy (non-hydrogen) atoms. The third kappa shape index (κ3) is 9.26. The monoisotopic (exact) mass is 352 g/mol. The third-order valence-electron chi connectivity index (χ3n) is 4.57. The van der Waals surface area contributed by atoms with E-state index in [1.807, 2.05) is 0 Å². The highest BCUT2D eigenvalue weighted by Crippen LogP contribution is 2.12. The van der Waals surface area contributed by atoms with Crippen molar-refractivity contribution in [3.63, 3.8) is 0 Å². The molecule has 1 unspecified atom stereocenters. The highest BCUT2D eigenvalue weighted by atomic mass is 16.5. The topological polar surface area (TPSA) is 48.9 Å². The molecule has 146 valence electrons. The van der Waals surface area contributed by atoms with Crippen LogP contribution in [-0.4, -0.2) is 62.3 Å². The van der Waals surface area contributed by atoms with Crippen LogP contribution in [0.2, 0.25) is 0 Å². The van der Waals surface area contributed by atoms with Crippen molar-refractivity contribution < 1.29 is 4.74 Å². The van der Waals surface area contributed by atoms with Gasteiger partial charge in [-0.2, -0.15) is 0 Å². The summed E-state index contributed by atoms with van der Waals surface area (Å²) >= 11 is 0. The molecule has 1 heterocycles. The molecule has 5 nitrogen and oxygen atoms in total. The van der Waals surface area contributed by atoms with Gasteiger partial charge in [-0.1, -0.05) is 26.0 Å². The molecule has 0 aromatic carbocycles. The Bertz CT molecular complexity index is 401. The molecule has 0 spiro atoms. The molecule has 0 aliphatic carbocycles. The average molecular weight is 353 g/mol. The van der Waals surface area contributed by atoms with Crippen LogP contribution in [0.3, 0.4) is 0 Å². The van der Waals surface area contributed by atoms with Crippen molar-refractivity contribution in [3.8, 4) is 0 Å². The Morgan fingerprint density at radius 3 is 2.48 bits per heavy atom. The zero-order valence-corrected chi connectivity index (χ0v) is 17.1. The molecule has 1 aliphatic heterocycles. The number of ether oxygens (including phenoxy) is 1. The highest BCUT2D eigenvalue weighted by Gasteiger charge is 2.20. The van der Waals surface area contributed by atoms with Crippen molar-refractivity contribution in [1.82, 2.24) is 15.5 Å². The van der Waals surface area contributed by atoms with E-state index in [1.165, 1.54) is 5.57 Å². The SMILES string of the molecule is C=C(C)CN1CCC(NC(=NCCC(OCC)C(C)C)NCC)CC1. The number of guanidine groups is 1. The Labute approximate surface area is 155 Å². The Balaban J connectivity index is 2.44. The van der Waals surface area contributed by atoms with Crippen LogP contribution in [0, 0.1) is 5.92 Å². The molecule has 0 radical (unpaired) electrons. The van der Waals surface area contributed by atoms with E-state index in [0.29, 0.717) is 18.1 Å². The quantitative estimate of drug-likeness (QED) is 0.360. The van der Waals surface area contributed by atoms with Crippen molar-refractivity contribution >= 4 is 5.96 Å². The van der Waals surface area contributed by atoms with Gasteiger partial charge in [0.15, 0.2) is 5.96 Å². The number of likely N-dealkylation sites (tertiary alicyclic amines) is 1. The lowest BCUT2D eigenvalue weighted by Gasteiger charge is -2.33. The second kappa shape index (κ2) is 12.3. The Kier molecular flexibility index (Phi) is 10.8. The van der Waals surface area contributed by atoms with Gasteiger partial charge in [-0.25, -0.2) is 0 Å². The molecular formula is C20H40N4O. The number of piperidine rings is 1. The van der Waals surface area contributed by atoms with E-state index in [-0.39, 0.29) is 0 Å². The second-order valence-corrected chi connectivity index (χ2v) is 7.44. The summed E-state index contributed by atoms with van der Waals surface area (Å²) in [5, 5.41) is 6.99. The molecule has 1 saturated heterocycles. The van der Waals surface area contributed by atoms with Gasteiger partial charge in [0.2, 0.25) is 0 Å². The van der Waals surface area contributed by atoms with E-state index in [0.717, 1.165) is 64.6 Å². The molecular weight excluding hydrogens is 312 g/mol. The minimum atomic E-state index is 0.294. The number of nitrogens with one attached hydrogen (secondary N) is 2. The van der Waals surface area contributed by atoms with E-state index in [1.54, 1.807) is 0 Å². The van der Waals surface area contributed by atoms with Gasteiger partial charge in [-0.05, 0) is 46.0 Å². The highest BCUT2D eigenvalue weighted by molar-refractivity contribution is 5.80. The summed E-state index contributed by atoms with van der Waals surface area (Å²) in [5.41, 5.74) is 1.25. The van der Waals surface area contributed by atoms with Crippen LogP contribution in [0.15, 0.2) is 17.1 Å². The molecule has 1 atom stereocenters. The van der Waals surface area contributed by atoms with E-state index in [9.17, 15) is 0 Å². The maximum Gasteiger partial charge on any atom is 0.191 e. The molecule has 0 aromatic rings. The van der Waals surface area contributed by atoms with E-state index in [4.69, 9.17) is 9.73 Å². The number of rotatable bonds is 10. The summed E-state index contributed by atoms with van der Waals surface area (Å²) in [6.07, 6.45) is 3.58. The van der Waals surface area contributed by atoms with Gasteiger partial charge in [-0.3, -0.25) is 9.89 Å². The smallest absolute Gasteiger partial charge is 0.191 e. The van der Waals surface area contributed by atoms with Crippen molar-refractivity contribution in [2.45, 2.75) is 66.0 Å². The van der Waals surface area contributed by atoms with Crippen molar-refractivity contribution in [1.29, 1.82) is 0 Å². The van der Waals surface area contributed by atoms with Crippen LogP contribution >= 0.6 is 0 Å². The first-order chi connectivity index (χ1) is 12.0. The second-order valence-electron chi connectivity index (χ2n) is 7.44. The summed E-state index contributed by atoms with van der Waals surface area (Å²) < 4.78 is 5.82. The normalized spacial score (nSPS) is 18.4. The Morgan fingerprint density at radius 2 is 1.96 bits per heavy atom. The Hall–Kier alpha value is -1.07. The van der Waals surface area contributed by atoms with Crippen LogP contribution in [0.25, 0.3) is 0 Å². The fraction of sp³-hybridized carbons (Fsp3) is 0.850. The van der Waals surface area contributed by atoms with Gasteiger partial charge in [0.05, 0.1) is 6.10 Å². The number of nitrogens with zero attached hydrogens (tertiary/aromatic N) is 2. The summed E-state index contributed by atoms with van der Waals surface area (Å²) in [7, 11) is 0. The zero-order valence-electron chi connectivity index (χ0n) is 17.1. The fourth-order valence-electron chi connectivity index (χ4n) is 3.26. The van der Waals surface area contributed by atoms with Crippen LogP contribution < -0.4 is 10.6 Å². The fourth-order valence-corrected chi connectivity index (χ4v) is 3.26.